The quantitative estimate of drug-likeness (QED) is 0.441. The van der Waals surface area contributed by atoms with Crippen molar-refractivity contribution in [2.24, 2.45) is 0 Å². The summed E-state index contributed by atoms with van der Waals surface area (Å²) in [7, 11) is 1.60. The lowest BCUT2D eigenvalue weighted by Gasteiger charge is -2.26. The van der Waals surface area contributed by atoms with Crippen molar-refractivity contribution in [2.45, 2.75) is 25.4 Å². The maximum absolute atomic E-state index is 13.2. The summed E-state index contributed by atoms with van der Waals surface area (Å²) >= 11 is 0. The minimum Gasteiger partial charge on any atom is -0.497 e. The maximum atomic E-state index is 13.2. The predicted octanol–water partition coefficient (Wildman–Crippen LogP) is 2.57. The Kier molecular flexibility index (Phi) is 7.27. The number of hydrazine groups is 1. The van der Waals surface area contributed by atoms with Crippen LogP contribution in [0.3, 0.4) is 0 Å². The number of carbonyl (C=O) groups excluding carboxylic acids is 3. The summed E-state index contributed by atoms with van der Waals surface area (Å²) in [6.45, 7) is 6.50. The third-order valence-corrected chi connectivity index (χ3v) is 5.44. The van der Waals surface area contributed by atoms with Crippen molar-refractivity contribution in [2.75, 3.05) is 20.2 Å². The van der Waals surface area contributed by atoms with Crippen LogP contribution in [0, 0.1) is 0 Å². The molecular weight excluding hydrogens is 408 g/mol. The number of urea groups is 1. The summed E-state index contributed by atoms with van der Waals surface area (Å²) in [5.74, 6) is -0.225. The molecule has 0 saturated carbocycles. The van der Waals surface area contributed by atoms with Gasteiger partial charge in [0.1, 0.15) is 11.3 Å². The molecule has 32 heavy (non-hydrogen) atoms. The van der Waals surface area contributed by atoms with E-state index in [1.54, 1.807) is 37.5 Å². The van der Waals surface area contributed by atoms with Crippen LogP contribution in [-0.4, -0.2) is 48.0 Å². The van der Waals surface area contributed by atoms with Crippen molar-refractivity contribution >= 4 is 17.8 Å². The zero-order valence-electron chi connectivity index (χ0n) is 18.3. The molecule has 2 aromatic carbocycles. The predicted molar refractivity (Wildman–Crippen MR) is 120 cm³/mol. The van der Waals surface area contributed by atoms with E-state index in [0.29, 0.717) is 25.1 Å². The highest BCUT2D eigenvalue weighted by Crippen LogP contribution is 2.31. The summed E-state index contributed by atoms with van der Waals surface area (Å²) in [6.07, 6.45) is 2.05. The molecule has 2 N–H and O–H groups in total. The van der Waals surface area contributed by atoms with Gasteiger partial charge in [-0.1, -0.05) is 55.5 Å². The molecule has 0 radical (unpaired) electrons. The molecule has 0 spiro atoms. The van der Waals surface area contributed by atoms with E-state index in [0.717, 1.165) is 16.3 Å². The lowest BCUT2D eigenvalue weighted by atomic mass is 9.87. The second-order valence-electron chi connectivity index (χ2n) is 7.54. The van der Waals surface area contributed by atoms with Crippen molar-refractivity contribution in [1.29, 1.82) is 0 Å². The highest BCUT2D eigenvalue weighted by Gasteiger charge is 2.52. The lowest BCUT2D eigenvalue weighted by molar-refractivity contribution is -0.139. The van der Waals surface area contributed by atoms with Gasteiger partial charge in [0.2, 0.25) is 0 Å². The summed E-state index contributed by atoms with van der Waals surface area (Å²) in [4.78, 5) is 40.3. The molecule has 1 aliphatic heterocycles. The van der Waals surface area contributed by atoms with Crippen molar-refractivity contribution in [3.8, 4) is 5.75 Å². The van der Waals surface area contributed by atoms with Crippen LogP contribution in [0.15, 0.2) is 67.3 Å². The molecule has 3 rings (SSSR count). The van der Waals surface area contributed by atoms with Crippen LogP contribution in [0.1, 0.15) is 24.5 Å². The number of hydrogen-bond acceptors (Lipinski definition) is 5. The summed E-state index contributed by atoms with van der Waals surface area (Å²) in [5, 5.41) is 3.52. The maximum Gasteiger partial charge on any atom is 0.344 e. The molecule has 1 heterocycles. The van der Waals surface area contributed by atoms with E-state index in [4.69, 9.17) is 4.74 Å². The Labute approximate surface area is 187 Å². The van der Waals surface area contributed by atoms with Gasteiger partial charge in [0, 0.05) is 13.1 Å². The second kappa shape index (κ2) is 10.1. The molecule has 1 atom stereocenters. The fourth-order valence-corrected chi connectivity index (χ4v) is 3.76. The first-order chi connectivity index (χ1) is 15.4. The minimum absolute atomic E-state index is 0.0143. The fourth-order valence-electron chi connectivity index (χ4n) is 3.76. The number of hydrogen-bond donors (Lipinski definition) is 2. The van der Waals surface area contributed by atoms with Crippen LogP contribution >= 0.6 is 0 Å². The smallest absolute Gasteiger partial charge is 0.344 e. The molecule has 1 aliphatic rings. The van der Waals surface area contributed by atoms with E-state index in [1.807, 2.05) is 42.2 Å². The molecule has 1 unspecified atom stereocenters. The van der Waals surface area contributed by atoms with Gasteiger partial charge in [-0.25, -0.2) is 4.79 Å². The van der Waals surface area contributed by atoms with Gasteiger partial charge >= 0.3 is 6.03 Å². The Morgan fingerprint density at radius 2 is 1.88 bits per heavy atom. The minimum atomic E-state index is -1.20. The largest absolute Gasteiger partial charge is 0.497 e. The third kappa shape index (κ3) is 4.81. The molecule has 0 aliphatic carbocycles. The topological polar surface area (TPSA) is 91.0 Å². The van der Waals surface area contributed by atoms with Crippen LogP contribution in [-0.2, 0) is 21.7 Å². The Balaban J connectivity index is 1.68. The van der Waals surface area contributed by atoms with Gasteiger partial charge in [-0.2, -0.15) is 5.01 Å². The molecule has 0 bridgehead atoms. The van der Waals surface area contributed by atoms with E-state index >= 15 is 0 Å². The zero-order valence-corrected chi connectivity index (χ0v) is 18.3. The van der Waals surface area contributed by atoms with Crippen molar-refractivity contribution in [3.05, 3.63) is 78.4 Å². The Morgan fingerprint density at radius 1 is 1.19 bits per heavy atom. The van der Waals surface area contributed by atoms with Gasteiger partial charge in [-0.3, -0.25) is 19.9 Å². The van der Waals surface area contributed by atoms with Gasteiger partial charge in [0.25, 0.3) is 11.8 Å². The zero-order chi connectivity index (χ0) is 23.1. The first-order valence-corrected chi connectivity index (χ1v) is 10.4. The molecule has 0 aromatic heterocycles. The van der Waals surface area contributed by atoms with E-state index in [9.17, 15) is 14.4 Å². The highest BCUT2D eigenvalue weighted by atomic mass is 16.5. The van der Waals surface area contributed by atoms with Crippen LogP contribution in [0.2, 0.25) is 0 Å². The number of rotatable bonds is 10. The van der Waals surface area contributed by atoms with Gasteiger partial charge in [0.05, 0.1) is 13.7 Å². The molecule has 8 heteroatoms. The lowest BCUT2D eigenvalue weighted by Crippen LogP contribution is -2.51. The third-order valence-electron chi connectivity index (χ3n) is 5.44. The molecule has 1 fully saturated rings. The number of benzene rings is 2. The first-order valence-electron chi connectivity index (χ1n) is 10.4. The fraction of sp³-hybridized carbons (Fsp3) is 0.292. The van der Waals surface area contributed by atoms with Crippen molar-refractivity contribution < 1.29 is 19.1 Å². The van der Waals surface area contributed by atoms with Crippen LogP contribution in [0.5, 0.6) is 5.75 Å². The summed E-state index contributed by atoms with van der Waals surface area (Å²) in [5.41, 5.74) is 2.93. The van der Waals surface area contributed by atoms with Crippen LogP contribution < -0.4 is 15.5 Å². The van der Waals surface area contributed by atoms with E-state index in [1.165, 1.54) is 0 Å². The molecule has 1 saturated heterocycles. The second-order valence-corrected chi connectivity index (χ2v) is 7.54. The van der Waals surface area contributed by atoms with Crippen molar-refractivity contribution in [3.63, 3.8) is 0 Å². The average molecular weight is 437 g/mol. The monoisotopic (exact) mass is 436 g/mol. The average Bonchev–Trinajstić information content (AvgIpc) is 3.05. The molecule has 4 amide bonds. The number of ether oxygens (including phenoxy) is 1. The van der Waals surface area contributed by atoms with Gasteiger partial charge in [-0.05, 0) is 29.7 Å². The highest BCUT2D eigenvalue weighted by molar-refractivity contribution is 6.08. The molecule has 2 aromatic rings. The Bertz CT molecular complexity index is 977. The number of imide groups is 1. The van der Waals surface area contributed by atoms with E-state index < -0.39 is 23.4 Å². The Hall–Kier alpha value is -3.65. The number of amides is 4. The van der Waals surface area contributed by atoms with Gasteiger partial charge in [-0.15, -0.1) is 6.58 Å². The van der Waals surface area contributed by atoms with Crippen LogP contribution in [0.4, 0.5) is 4.79 Å². The molecular formula is C24H28N4O4. The summed E-state index contributed by atoms with van der Waals surface area (Å²) in [6, 6.07) is 15.9. The Morgan fingerprint density at radius 3 is 2.47 bits per heavy atom. The number of methoxy groups -OCH3 is 1. The SMILES string of the molecule is C=CCN(CC(=O)NN1C(=O)NC(CC)(c2ccccc2)C1=O)Cc1ccc(OC)cc1. The van der Waals surface area contributed by atoms with Crippen LogP contribution in [0.25, 0.3) is 0 Å². The normalized spacial score (nSPS) is 17.9. The number of nitrogens with zero attached hydrogens (tertiary/aromatic N) is 2. The first kappa shape index (κ1) is 23.0. The molecule has 8 nitrogen and oxygen atoms in total. The number of carbonyl (C=O) groups is 3. The van der Waals surface area contributed by atoms with Gasteiger partial charge in [0.15, 0.2) is 0 Å². The van der Waals surface area contributed by atoms with E-state index in [-0.39, 0.29) is 6.54 Å². The standard InChI is InChI=1S/C24H28N4O4/c1-4-15-27(16-18-11-13-20(32-3)14-12-18)17-21(29)26-28-22(30)24(5-2,25-23(28)31)19-9-7-6-8-10-19/h4,6-14H,1,5,15-17H2,2-3H3,(H,25,31)(H,26,29). The van der Waals surface area contributed by atoms with Gasteiger partial charge < -0.3 is 10.1 Å². The van der Waals surface area contributed by atoms with E-state index in [2.05, 4.69) is 17.3 Å². The summed E-state index contributed by atoms with van der Waals surface area (Å²) < 4.78 is 5.17. The molecule has 168 valence electrons. The number of nitrogens with one attached hydrogen (secondary N) is 2. The van der Waals surface area contributed by atoms with Crippen molar-refractivity contribution in [1.82, 2.24) is 20.7 Å².